The molecule has 1 aliphatic rings. The van der Waals surface area contributed by atoms with Gasteiger partial charge >= 0.3 is 0 Å². The number of imidazole rings is 1. The molecule has 1 amide bonds. The first-order chi connectivity index (χ1) is 15.0. The van der Waals surface area contributed by atoms with Crippen LogP contribution in [-0.4, -0.2) is 33.9 Å². The van der Waals surface area contributed by atoms with E-state index in [1.54, 1.807) is 29.2 Å². The number of benzene rings is 2. The number of likely N-dealkylation sites (tertiary alicyclic amines) is 1. The van der Waals surface area contributed by atoms with Gasteiger partial charge in [-0.05, 0) is 24.6 Å². The van der Waals surface area contributed by atoms with E-state index in [0.717, 1.165) is 15.6 Å². The van der Waals surface area contributed by atoms with Gasteiger partial charge in [0, 0.05) is 23.0 Å². The molecule has 1 fully saturated rings. The molecule has 6 nitrogen and oxygen atoms in total. The van der Waals surface area contributed by atoms with Crippen molar-refractivity contribution in [3.8, 4) is 0 Å². The first-order valence-electron chi connectivity index (χ1n) is 10.2. The summed E-state index contributed by atoms with van der Waals surface area (Å²) in [5.41, 5.74) is 2.30. The highest BCUT2D eigenvalue weighted by molar-refractivity contribution is 9.10. The first kappa shape index (κ1) is 21.2. The van der Waals surface area contributed by atoms with E-state index in [4.69, 9.17) is 0 Å². The third-order valence-electron chi connectivity index (χ3n) is 5.65. The number of nitrogens with one attached hydrogen (secondary N) is 1. The normalized spacial score (nSPS) is 18.6. The van der Waals surface area contributed by atoms with Crippen LogP contribution in [0.1, 0.15) is 33.9 Å². The molecule has 0 saturated carbocycles. The van der Waals surface area contributed by atoms with E-state index in [-0.39, 0.29) is 5.78 Å². The summed E-state index contributed by atoms with van der Waals surface area (Å²) in [5, 5.41) is 0. The molecule has 3 aromatic rings. The number of hydrogen-bond donors (Lipinski definition) is 1. The summed E-state index contributed by atoms with van der Waals surface area (Å²) in [6, 6.07) is 14.0. The molecule has 2 aromatic carbocycles. The number of halogens is 1. The Balaban J connectivity index is 1.65. The van der Waals surface area contributed by atoms with E-state index in [9.17, 15) is 14.4 Å². The average molecular weight is 481 g/mol. The summed E-state index contributed by atoms with van der Waals surface area (Å²) < 4.78 is 2.82. The van der Waals surface area contributed by atoms with E-state index in [1.165, 1.54) is 0 Å². The van der Waals surface area contributed by atoms with Crippen molar-refractivity contribution in [3.63, 3.8) is 0 Å². The highest BCUT2D eigenvalue weighted by atomic mass is 79.9. The highest BCUT2D eigenvalue weighted by Gasteiger charge is 2.51. The van der Waals surface area contributed by atoms with Gasteiger partial charge in [0.15, 0.2) is 5.78 Å². The quantitative estimate of drug-likeness (QED) is 0.243. The molecule has 1 saturated heterocycles. The zero-order chi connectivity index (χ0) is 22.0. The fourth-order valence-corrected chi connectivity index (χ4v) is 4.30. The maximum absolute atomic E-state index is 13.3. The molecule has 1 N–H and O–H groups in total. The van der Waals surface area contributed by atoms with Crippen LogP contribution in [0, 0.1) is 12.8 Å². The van der Waals surface area contributed by atoms with Crippen LogP contribution in [-0.2, 0) is 16.1 Å². The van der Waals surface area contributed by atoms with E-state index >= 15 is 0 Å². The molecule has 4 rings (SSSR count). The Labute approximate surface area is 189 Å². The number of hydrogen-bond acceptors (Lipinski definition) is 3. The molecule has 0 bridgehead atoms. The maximum Gasteiger partial charge on any atom is 0.291 e. The smallest absolute Gasteiger partial charge is 0.291 e. The number of nitrogens with zero attached hydrogens (tertiary/aromatic N) is 2. The summed E-state index contributed by atoms with van der Waals surface area (Å²) >= 11 is 3.36. The number of amides is 1. The van der Waals surface area contributed by atoms with Gasteiger partial charge in [-0.3, -0.25) is 19.4 Å². The molecule has 2 atom stereocenters. The van der Waals surface area contributed by atoms with E-state index in [1.807, 2.05) is 54.5 Å². The zero-order valence-corrected chi connectivity index (χ0v) is 18.7. The van der Waals surface area contributed by atoms with E-state index < -0.39 is 23.7 Å². The molecule has 158 valence electrons. The standard InChI is InChI=1S/C24H22BrN3O3/c1-16-3-5-17(6-4-16)21-20(22(29)18-7-9-19(25)10-8-18)23(30)24(31)28(21)13-2-12-27-14-11-26-15-27/h3-11,14-15,20-21H,2,12-13H2,1H3/p+1. The number of H-pyrrole nitrogens is 1. The van der Waals surface area contributed by atoms with Gasteiger partial charge in [-0.15, -0.1) is 0 Å². The highest BCUT2D eigenvalue weighted by Crippen LogP contribution is 2.38. The van der Waals surface area contributed by atoms with E-state index in [0.29, 0.717) is 25.1 Å². The minimum Gasteiger partial charge on any atom is -0.328 e. The monoisotopic (exact) mass is 480 g/mol. The van der Waals surface area contributed by atoms with Gasteiger partial charge in [-0.1, -0.05) is 57.9 Å². The van der Waals surface area contributed by atoms with Crippen molar-refractivity contribution in [2.45, 2.75) is 25.9 Å². The second kappa shape index (κ2) is 8.98. The van der Waals surface area contributed by atoms with Gasteiger partial charge in [0.05, 0.1) is 12.6 Å². The molecule has 1 aromatic heterocycles. The summed E-state index contributed by atoms with van der Waals surface area (Å²) in [6.07, 6.45) is 6.25. The molecule has 0 spiro atoms. The lowest BCUT2D eigenvalue weighted by Gasteiger charge is -2.27. The largest absolute Gasteiger partial charge is 0.328 e. The number of aromatic nitrogens is 2. The van der Waals surface area contributed by atoms with Gasteiger partial charge in [0.25, 0.3) is 5.91 Å². The Morgan fingerprint density at radius 3 is 2.45 bits per heavy atom. The van der Waals surface area contributed by atoms with Gasteiger partial charge in [-0.25, -0.2) is 4.57 Å². The first-order valence-corrected chi connectivity index (χ1v) is 11.0. The molecular weight excluding hydrogens is 458 g/mol. The van der Waals surface area contributed by atoms with Gasteiger partial charge in [0.1, 0.15) is 18.3 Å². The number of carbonyl (C=O) groups is 3. The van der Waals surface area contributed by atoms with Gasteiger partial charge in [-0.2, -0.15) is 0 Å². The lowest BCUT2D eigenvalue weighted by molar-refractivity contribution is -0.695. The molecule has 2 heterocycles. The predicted octanol–water partition coefficient (Wildman–Crippen LogP) is 3.41. The Morgan fingerprint density at radius 2 is 1.81 bits per heavy atom. The minimum atomic E-state index is -1.05. The Kier molecular flexibility index (Phi) is 6.13. The summed E-state index contributed by atoms with van der Waals surface area (Å²) in [4.78, 5) is 43.9. The van der Waals surface area contributed by atoms with Crippen LogP contribution < -0.4 is 4.57 Å². The van der Waals surface area contributed by atoms with Crippen molar-refractivity contribution in [1.29, 1.82) is 0 Å². The third kappa shape index (κ3) is 4.37. The summed E-state index contributed by atoms with van der Waals surface area (Å²) in [7, 11) is 0. The van der Waals surface area contributed by atoms with Gasteiger partial charge in [0.2, 0.25) is 12.1 Å². The van der Waals surface area contributed by atoms with Crippen molar-refractivity contribution in [2.75, 3.05) is 6.54 Å². The Morgan fingerprint density at radius 1 is 1.10 bits per heavy atom. The molecule has 7 heteroatoms. The van der Waals surface area contributed by atoms with Crippen molar-refractivity contribution in [3.05, 3.63) is 88.4 Å². The fourth-order valence-electron chi connectivity index (χ4n) is 4.04. The van der Waals surface area contributed by atoms with Crippen LogP contribution >= 0.6 is 15.9 Å². The average Bonchev–Trinajstić information content (AvgIpc) is 3.37. The van der Waals surface area contributed by atoms with Crippen LogP contribution in [0.4, 0.5) is 0 Å². The Bertz CT molecular complexity index is 1090. The number of aryl methyl sites for hydroxylation is 2. The molecule has 31 heavy (non-hydrogen) atoms. The van der Waals surface area contributed by atoms with Crippen LogP contribution in [0.2, 0.25) is 0 Å². The number of carbonyl (C=O) groups excluding carboxylic acids is 3. The third-order valence-corrected chi connectivity index (χ3v) is 6.18. The topological polar surface area (TPSA) is 74.1 Å². The Hall–Kier alpha value is -3.06. The molecule has 1 aliphatic heterocycles. The predicted molar refractivity (Wildman–Crippen MR) is 118 cm³/mol. The fraction of sp³-hybridized carbons (Fsp3) is 0.250. The van der Waals surface area contributed by atoms with Crippen molar-refractivity contribution < 1.29 is 19.0 Å². The summed E-state index contributed by atoms with van der Waals surface area (Å²) in [6.45, 7) is 3.07. The van der Waals surface area contributed by atoms with Crippen molar-refractivity contribution >= 4 is 33.4 Å². The van der Waals surface area contributed by atoms with Crippen LogP contribution in [0.5, 0.6) is 0 Å². The number of Topliss-reactive ketones (excluding diaryl/α,β-unsaturated/α-hetero) is 2. The number of ketones is 2. The van der Waals surface area contributed by atoms with E-state index in [2.05, 4.69) is 20.9 Å². The SMILES string of the molecule is Cc1ccc(C2C(C(=O)c3ccc(Br)cc3)C(=O)C(=O)N2CCC[n+]2cc[nH]c2)cc1. The lowest BCUT2D eigenvalue weighted by atomic mass is 9.86. The molecule has 0 radical (unpaired) electrons. The van der Waals surface area contributed by atoms with Crippen LogP contribution in [0.15, 0.2) is 71.7 Å². The van der Waals surface area contributed by atoms with Crippen molar-refractivity contribution in [2.24, 2.45) is 5.92 Å². The second-order valence-corrected chi connectivity index (χ2v) is 8.69. The molecule has 2 unspecified atom stereocenters. The number of aromatic amines is 1. The summed E-state index contributed by atoms with van der Waals surface area (Å²) in [5.74, 6) is -2.58. The zero-order valence-electron chi connectivity index (χ0n) is 17.1. The lowest BCUT2D eigenvalue weighted by Crippen LogP contribution is -2.36. The second-order valence-electron chi connectivity index (χ2n) is 7.77. The van der Waals surface area contributed by atoms with Crippen molar-refractivity contribution in [1.82, 2.24) is 9.88 Å². The molecule has 0 aliphatic carbocycles. The van der Waals surface area contributed by atoms with Crippen LogP contribution in [0.25, 0.3) is 0 Å². The van der Waals surface area contributed by atoms with Gasteiger partial charge < -0.3 is 4.90 Å². The van der Waals surface area contributed by atoms with Crippen LogP contribution in [0.3, 0.4) is 0 Å². The maximum atomic E-state index is 13.3. The minimum absolute atomic E-state index is 0.320. The molecular formula is C24H23BrN3O3+. The number of rotatable bonds is 7.